The maximum absolute atomic E-state index is 12.3. The SMILES string of the molecule is C[C@]12CC[C@H](NC(=O)NCCN)C[C@H]1CC[C@@H]1C2CC[C@]2(C)[C@@H](c3ccc(=O)oc3)CC[C@]12O. The van der Waals surface area contributed by atoms with E-state index in [9.17, 15) is 14.7 Å². The molecule has 0 radical (unpaired) electrons. The van der Waals surface area contributed by atoms with Crippen molar-refractivity contribution in [3.63, 3.8) is 0 Å². The van der Waals surface area contributed by atoms with Crippen molar-refractivity contribution in [3.8, 4) is 0 Å². The lowest BCUT2D eigenvalue weighted by Crippen LogP contribution is -2.62. The van der Waals surface area contributed by atoms with Crippen molar-refractivity contribution in [1.29, 1.82) is 0 Å². The van der Waals surface area contributed by atoms with E-state index in [0.717, 1.165) is 63.4 Å². The zero-order valence-corrected chi connectivity index (χ0v) is 20.6. The van der Waals surface area contributed by atoms with Crippen LogP contribution in [0.5, 0.6) is 0 Å². The van der Waals surface area contributed by atoms with Crippen molar-refractivity contribution in [2.45, 2.75) is 89.2 Å². The third kappa shape index (κ3) is 3.62. The second-order valence-corrected chi connectivity index (χ2v) is 12.0. The summed E-state index contributed by atoms with van der Waals surface area (Å²) in [5, 5.41) is 18.3. The van der Waals surface area contributed by atoms with Crippen molar-refractivity contribution in [2.75, 3.05) is 13.1 Å². The Morgan fingerprint density at radius 1 is 1.12 bits per heavy atom. The van der Waals surface area contributed by atoms with Gasteiger partial charge in [0.05, 0.1) is 11.9 Å². The molecular formula is C27H41N3O4. The van der Waals surface area contributed by atoms with E-state index in [1.165, 1.54) is 6.07 Å². The number of nitrogens with one attached hydrogen (secondary N) is 2. The Balaban J connectivity index is 1.33. The molecule has 0 bridgehead atoms. The van der Waals surface area contributed by atoms with E-state index >= 15 is 0 Å². The molecule has 1 aromatic heterocycles. The summed E-state index contributed by atoms with van der Waals surface area (Å²) in [4.78, 5) is 23.7. The van der Waals surface area contributed by atoms with Gasteiger partial charge in [-0.1, -0.05) is 13.8 Å². The summed E-state index contributed by atoms with van der Waals surface area (Å²) in [6.07, 6.45) is 10.8. The predicted octanol–water partition coefficient (Wildman–Crippen LogP) is 3.51. The molecule has 0 spiro atoms. The van der Waals surface area contributed by atoms with E-state index in [2.05, 4.69) is 24.5 Å². The molecule has 0 aromatic carbocycles. The van der Waals surface area contributed by atoms with Crippen molar-refractivity contribution in [2.24, 2.45) is 34.3 Å². The normalized spacial score (nSPS) is 43.4. The van der Waals surface area contributed by atoms with Gasteiger partial charge in [0, 0.05) is 30.6 Å². The topological polar surface area (TPSA) is 118 Å². The number of amides is 2. The highest BCUT2D eigenvalue weighted by Gasteiger charge is 2.67. The summed E-state index contributed by atoms with van der Waals surface area (Å²) < 4.78 is 5.20. The number of carbonyl (C=O) groups excluding carboxylic acids is 1. The van der Waals surface area contributed by atoms with Gasteiger partial charge in [-0.2, -0.15) is 0 Å². The second kappa shape index (κ2) is 8.66. The molecule has 0 saturated heterocycles. The molecule has 1 aromatic rings. The van der Waals surface area contributed by atoms with E-state index in [4.69, 9.17) is 10.2 Å². The lowest BCUT2D eigenvalue weighted by Gasteiger charge is -2.63. The van der Waals surface area contributed by atoms with Gasteiger partial charge in [-0.15, -0.1) is 0 Å². The highest BCUT2D eigenvalue weighted by molar-refractivity contribution is 5.74. The van der Waals surface area contributed by atoms with Crippen LogP contribution in [-0.2, 0) is 0 Å². The molecule has 4 aliphatic rings. The molecule has 0 aliphatic heterocycles. The molecule has 5 N–H and O–H groups in total. The van der Waals surface area contributed by atoms with Crippen LogP contribution < -0.4 is 22.0 Å². The molecule has 7 heteroatoms. The first kappa shape index (κ1) is 23.9. The zero-order valence-electron chi connectivity index (χ0n) is 20.6. The predicted molar refractivity (Wildman–Crippen MR) is 130 cm³/mol. The van der Waals surface area contributed by atoms with E-state index in [-0.39, 0.29) is 34.4 Å². The summed E-state index contributed by atoms with van der Waals surface area (Å²) in [7, 11) is 0. The number of aliphatic hydroxyl groups is 1. The van der Waals surface area contributed by atoms with Gasteiger partial charge in [0.1, 0.15) is 0 Å². The summed E-state index contributed by atoms with van der Waals surface area (Å²) in [5.74, 6) is 1.63. The Hall–Kier alpha value is -1.86. The molecule has 2 amide bonds. The Morgan fingerprint density at radius 2 is 1.94 bits per heavy atom. The highest BCUT2D eigenvalue weighted by atomic mass is 16.4. The van der Waals surface area contributed by atoms with E-state index in [1.54, 1.807) is 6.26 Å². The monoisotopic (exact) mass is 471 g/mol. The average Bonchev–Trinajstić information content (AvgIpc) is 3.10. The number of urea groups is 1. The van der Waals surface area contributed by atoms with Gasteiger partial charge in [-0.05, 0) is 98.5 Å². The molecule has 4 aliphatic carbocycles. The van der Waals surface area contributed by atoms with Gasteiger partial charge in [-0.3, -0.25) is 0 Å². The summed E-state index contributed by atoms with van der Waals surface area (Å²) >= 11 is 0. The molecule has 5 rings (SSSR count). The minimum Gasteiger partial charge on any atom is -0.431 e. The van der Waals surface area contributed by atoms with Gasteiger partial charge >= 0.3 is 11.7 Å². The number of hydrogen-bond acceptors (Lipinski definition) is 5. The summed E-state index contributed by atoms with van der Waals surface area (Å²) in [6, 6.07) is 3.52. The number of nitrogens with two attached hydrogens (primary N) is 1. The molecule has 7 nitrogen and oxygen atoms in total. The van der Waals surface area contributed by atoms with Crippen molar-refractivity contribution >= 4 is 6.03 Å². The zero-order chi connectivity index (χ0) is 24.1. The van der Waals surface area contributed by atoms with E-state index < -0.39 is 5.60 Å². The number of carbonyl (C=O) groups is 1. The maximum atomic E-state index is 12.3. The standard InChI is InChI=1S/C27H41N3O4/c1-25-10-7-19(30-24(32)29-14-13-28)15-18(25)4-5-22-21(25)8-11-26(2)20(9-12-27(22,26)33)17-3-6-23(31)34-16-17/h3,6,16,18-22,33H,4-5,7-15,28H2,1-2H3,(H2,29,30,32)/t18-,19+,20-,21?,22-,25+,26-,27+/m1/s1. The Labute approximate surface area is 202 Å². The van der Waals surface area contributed by atoms with E-state index in [0.29, 0.717) is 30.8 Å². The molecule has 1 heterocycles. The molecule has 34 heavy (non-hydrogen) atoms. The summed E-state index contributed by atoms with van der Waals surface area (Å²) in [5.41, 5.74) is 5.57. The fraction of sp³-hybridized carbons (Fsp3) is 0.778. The van der Waals surface area contributed by atoms with Crippen molar-refractivity contribution in [3.05, 3.63) is 34.4 Å². The van der Waals surface area contributed by atoms with Crippen LogP contribution in [0.4, 0.5) is 4.79 Å². The molecule has 8 atom stereocenters. The minimum atomic E-state index is -0.679. The Morgan fingerprint density at radius 3 is 2.68 bits per heavy atom. The van der Waals surface area contributed by atoms with Crippen molar-refractivity contribution < 1.29 is 14.3 Å². The lowest BCUT2D eigenvalue weighted by atomic mass is 9.43. The largest absolute Gasteiger partial charge is 0.431 e. The molecule has 4 saturated carbocycles. The third-order valence-electron chi connectivity index (χ3n) is 10.7. The van der Waals surface area contributed by atoms with Crippen LogP contribution in [0.25, 0.3) is 0 Å². The van der Waals surface area contributed by atoms with Gasteiger partial charge < -0.3 is 25.9 Å². The fourth-order valence-corrected chi connectivity index (χ4v) is 8.88. The van der Waals surface area contributed by atoms with Crippen LogP contribution >= 0.6 is 0 Å². The first-order valence-electron chi connectivity index (χ1n) is 13.3. The van der Waals surface area contributed by atoms with Crippen LogP contribution in [-0.4, -0.2) is 35.9 Å². The van der Waals surface area contributed by atoms with Crippen molar-refractivity contribution in [1.82, 2.24) is 10.6 Å². The quantitative estimate of drug-likeness (QED) is 0.536. The van der Waals surface area contributed by atoms with Crippen LogP contribution in [0.1, 0.15) is 83.1 Å². The molecular weight excluding hydrogens is 430 g/mol. The van der Waals surface area contributed by atoms with Gasteiger partial charge in [0.15, 0.2) is 0 Å². The smallest absolute Gasteiger partial charge is 0.335 e. The first-order valence-corrected chi connectivity index (χ1v) is 13.3. The third-order valence-corrected chi connectivity index (χ3v) is 10.7. The highest BCUT2D eigenvalue weighted by Crippen LogP contribution is 2.70. The van der Waals surface area contributed by atoms with Crippen LogP contribution in [0, 0.1) is 28.6 Å². The lowest BCUT2D eigenvalue weighted by molar-refractivity contribution is -0.201. The Kier molecular flexibility index (Phi) is 6.08. The maximum Gasteiger partial charge on any atom is 0.335 e. The number of rotatable bonds is 4. The molecule has 188 valence electrons. The second-order valence-electron chi connectivity index (χ2n) is 12.0. The Bertz CT molecular complexity index is 960. The van der Waals surface area contributed by atoms with Crippen LogP contribution in [0.15, 0.2) is 27.6 Å². The molecule has 4 fully saturated rings. The number of hydrogen-bond donors (Lipinski definition) is 4. The fourth-order valence-electron chi connectivity index (χ4n) is 8.88. The number of fused-ring (bicyclic) bond motifs is 5. The van der Waals surface area contributed by atoms with E-state index in [1.807, 2.05) is 6.07 Å². The first-order chi connectivity index (χ1) is 16.2. The van der Waals surface area contributed by atoms with Gasteiger partial charge in [0.2, 0.25) is 0 Å². The van der Waals surface area contributed by atoms with Crippen LogP contribution in [0.2, 0.25) is 0 Å². The van der Waals surface area contributed by atoms with Gasteiger partial charge in [-0.25, -0.2) is 9.59 Å². The average molecular weight is 472 g/mol. The van der Waals surface area contributed by atoms with Crippen LogP contribution in [0.3, 0.4) is 0 Å². The van der Waals surface area contributed by atoms with Gasteiger partial charge in [0.25, 0.3) is 0 Å². The summed E-state index contributed by atoms with van der Waals surface area (Å²) in [6.45, 7) is 5.69. The minimum absolute atomic E-state index is 0.107. The molecule has 1 unspecified atom stereocenters.